The third-order valence-corrected chi connectivity index (χ3v) is 4.41. The number of halogens is 2. The standard InChI is InChI=1S/C16H16Cl2N4O3/c17-13-2-1-3-14(18)12(13)9-25-11-4-19-16(20-5-11)22-6-10(8-23)21-15(24)7-22/h1-5,10,23H,6-9H2,(H,21,24). The van der Waals surface area contributed by atoms with E-state index >= 15 is 0 Å². The maximum Gasteiger partial charge on any atom is 0.239 e. The van der Waals surface area contributed by atoms with E-state index in [0.29, 0.717) is 33.9 Å². The summed E-state index contributed by atoms with van der Waals surface area (Å²) in [7, 11) is 0. The molecule has 1 unspecified atom stereocenters. The van der Waals surface area contributed by atoms with Gasteiger partial charge < -0.3 is 20.1 Å². The number of piperazine rings is 1. The van der Waals surface area contributed by atoms with Gasteiger partial charge in [-0.2, -0.15) is 0 Å². The molecule has 1 saturated heterocycles. The van der Waals surface area contributed by atoms with E-state index in [-0.39, 0.29) is 31.7 Å². The van der Waals surface area contributed by atoms with E-state index in [1.54, 1.807) is 23.1 Å². The topological polar surface area (TPSA) is 87.6 Å². The van der Waals surface area contributed by atoms with Crippen LogP contribution in [0.25, 0.3) is 0 Å². The first-order chi connectivity index (χ1) is 12.1. The zero-order valence-corrected chi connectivity index (χ0v) is 14.7. The summed E-state index contributed by atoms with van der Waals surface area (Å²) in [6.45, 7) is 0.644. The number of carbonyl (C=O) groups excluding carboxylic acids is 1. The van der Waals surface area contributed by atoms with Gasteiger partial charge in [0.15, 0.2) is 5.75 Å². The van der Waals surface area contributed by atoms with Crippen molar-refractivity contribution in [1.29, 1.82) is 0 Å². The van der Waals surface area contributed by atoms with E-state index < -0.39 is 0 Å². The number of nitrogens with one attached hydrogen (secondary N) is 1. The van der Waals surface area contributed by atoms with Crippen molar-refractivity contribution < 1.29 is 14.6 Å². The highest BCUT2D eigenvalue weighted by molar-refractivity contribution is 6.35. The number of ether oxygens (including phenoxy) is 1. The van der Waals surface area contributed by atoms with Crippen LogP contribution in [0.4, 0.5) is 5.95 Å². The Bertz CT molecular complexity index is 737. The number of carbonyl (C=O) groups is 1. The molecule has 0 radical (unpaired) electrons. The van der Waals surface area contributed by atoms with Crippen LogP contribution < -0.4 is 15.0 Å². The van der Waals surface area contributed by atoms with Gasteiger partial charge in [-0.3, -0.25) is 4.79 Å². The highest BCUT2D eigenvalue weighted by Crippen LogP contribution is 2.25. The van der Waals surface area contributed by atoms with E-state index in [4.69, 9.17) is 27.9 Å². The van der Waals surface area contributed by atoms with Crippen LogP contribution in [-0.4, -0.2) is 46.7 Å². The van der Waals surface area contributed by atoms with Gasteiger partial charge >= 0.3 is 0 Å². The molecule has 0 saturated carbocycles. The second kappa shape index (κ2) is 7.86. The summed E-state index contributed by atoms with van der Waals surface area (Å²) < 4.78 is 5.63. The summed E-state index contributed by atoms with van der Waals surface area (Å²) in [5, 5.41) is 13.0. The number of aliphatic hydroxyl groups excluding tert-OH is 1. The fourth-order valence-corrected chi connectivity index (χ4v) is 2.96. The van der Waals surface area contributed by atoms with E-state index in [0.717, 1.165) is 0 Å². The molecule has 1 aliphatic rings. The summed E-state index contributed by atoms with van der Waals surface area (Å²) in [5.41, 5.74) is 0.688. The lowest BCUT2D eigenvalue weighted by Gasteiger charge is -2.31. The van der Waals surface area contributed by atoms with Crippen molar-refractivity contribution in [2.75, 3.05) is 24.6 Å². The molecular formula is C16H16Cl2N4O3. The van der Waals surface area contributed by atoms with Crippen molar-refractivity contribution >= 4 is 35.1 Å². The van der Waals surface area contributed by atoms with Crippen LogP contribution in [0.3, 0.4) is 0 Å². The lowest BCUT2D eigenvalue weighted by Crippen LogP contribution is -2.56. The fourth-order valence-electron chi connectivity index (χ4n) is 2.45. The number of anilines is 1. The molecule has 1 fully saturated rings. The Kier molecular flexibility index (Phi) is 5.57. The molecule has 1 atom stereocenters. The van der Waals surface area contributed by atoms with E-state index in [2.05, 4.69) is 15.3 Å². The van der Waals surface area contributed by atoms with Gasteiger partial charge in [0.05, 0.1) is 31.6 Å². The van der Waals surface area contributed by atoms with Crippen molar-refractivity contribution in [3.63, 3.8) is 0 Å². The van der Waals surface area contributed by atoms with Gasteiger partial charge in [0.25, 0.3) is 0 Å². The number of nitrogens with zero attached hydrogens (tertiary/aromatic N) is 3. The minimum atomic E-state index is -0.330. The van der Waals surface area contributed by atoms with Gasteiger partial charge in [-0.1, -0.05) is 29.3 Å². The van der Waals surface area contributed by atoms with Gasteiger partial charge in [-0.25, -0.2) is 9.97 Å². The Labute approximate surface area is 154 Å². The molecule has 7 nitrogen and oxygen atoms in total. The second-order valence-electron chi connectivity index (χ2n) is 5.54. The number of amides is 1. The molecule has 2 aromatic rings. The number of hydrogen-bond acceptors (Lipinski definition) is 6. The Morgan fingerprint density at radius 2 is 1.96 bits per heavy atom. The van der Waals surface area contributed by atoms with Gasteiger partial charge in [0, 0.05) is 22.2 Å². The Balaban J connectivity index is 1.65. The molecule has 1 aliphatic heterocycles. The molecule has 3 rings (SSSR count). The zero-order valence-electron chi connectivity index (χ0n) is 13.2. The molecule has 1 amide bonds. The average molecular weight is 383 g/mol. The van der Waals surface area contributed by atoms with Gasteiger partial charge in [0.2, 0.25) is 11.9 Å². The number of hydrogen-bond donors (Lipinski definition) is 2. The van der Waals surface area contributed by atoms with Crippen molar-refractivity contribution in [1.82, 2.24) is 15.3 Å². The summed E-state index contributed by atoms with van der Waals surface area (Å²) in [6.07, 6.45) is 3.04. The SMILES string of the molecule is O=C1CN(c2ncc(OCc3c(Cl)cccc3Cl)cn2)CC(CO)N1. The summed E-state index contributed by atoms with van der Waals surface area (Å²) >= 11 is 12.2. The largest absolute Gasteiger partial charge is 0.486 e. The predicted molar refractivity (Wildman–Crippen MR) is 94.1 cm³/mol. The first-order valence-electron chi connectivity index (χ1n) is 7.59. The summed E-state index contributed by atoms with van der Waals surface area (Å²) in [6, 6.07) is 4.92. The van der Waals surface area contributed by atoms with Gasteiger partial charge in [0.1, 0.15) is 6.61 Å². The molecule has 0 bridgehead atoms. The van der Waals surface area contributed by atoms with Crippen LogP contribution in [0, 0.1) is 0 Å². The summed E-state index contributed by atoms with van der Waals surface area (Å²) in [4.78, 5) is 21.8. The van der Waals surface area contributed by atoms with Crippen LogP contribution >= 0.6 is 23.2 Å². The monoisotopic (exact) mass is 382 g/mol. The zero-order chi connectivity index (χ0) is 17.8. The number of benzene rings is 1. The fraction of sp³-hybridized carbons (Fsp3) is 0.312. The molecule has 2 heterocycles. The normalized spacial score (nSPS) is 17.3. The molecule has 0 spiro atoms. The Morgan fingerprint density at radius 3 is 2.60 bits per heavy atom. The molecule has 25 heavy (non-hydrogen) atoms. The molecule has 9 heteroatoms. The molecule has 1 aromatic carbocycles. The van der Waals surface area contributed by atoms with Gasteiger partial charge in [-0.15, -0.1) is 0 Å². The van der Waals surface area contributed by atoms with E-state index in [1.165, 1.54) is 12.4 Å². The lowest BCUT2D eigenvalue weighted by atomic mass is 10.2. The third-order valence-electron chi connectivity index (χ3n) is 3.70. The Hall–Kier alpha value is -2.09. The third kappa shape index (κ3) is 4.31. The number of aliphatic hydroxyl groups is 1. The van der Waals surface area contributed by atoms with E-state index in [1.807, 2.05) is 0 Å². The minimum absolute atomic E-state index is 0.137. The smallest absolute Gasteiger partial charge is 0.239 e. The maximum atomic E-state index is 11.6. The highest BCUT2D eigenvalue weighted by Gasteiger charge is 2.25. The highest BCUT2D eigenvalue weighted by atomic mass is 35.5. The van der Waals surface area contributed by atoms with Crippen LogP contribution in [0.2, 0.25) is 10.0 Å². The maximum absolute atomic E-state index is 11.6. The van der Waals surface area contributed by atoms with E-state index in [9.17, 15) is 9.90 Å². The number of aromatic nitrogens is 2. The molecular weight excluding hydrogens is 367 g/mol. The second-order valence-corrected chi connectivity index (χ2v) is 6.35. The quantitative estimate of drug-likeness (QED) is 0.817. The van der Waals surface area contributed by atoms with Crippen LogP contribution in [0.15, 0.2) is 30.6 Å². The van der Waals surface area contributed by atoms with Crippen molar-refractivity contribution in [2.24, 2.45) is 0 Å². The first-order valence-corrected chi connectivity index (χ1v) is 8.35. The number of rotatable bonds is 5. The van der Waals surface area contributed by atoms with Gasteiger partial charge in [-0.05, 0) is 12.1 Å². The summed E-state index contributed by atoms with van der Waals surface area (Å²) in [5.74, 6) is 0.680. The minimum Gasteiger partial charge on any atom is -0.486 e. The molecule has 132 valence electrons. The van der Waals surface area contributed by atoms with Crippen molar-refractivity contribution in [2.45, 2.75) is 12.6 Å². The van der Waals surface area contributed by atoms with Crippen LogP contribution in [-0.2, 0) is 11.4 Å². The first kappa shape index (κ1) is 17.7. The molecule has 2 N–H and O–H groups in total. The van der Waals surface area contributed by atoms with Crippen molar-refractivity contribution in [3.8, 4) is 5.75 Å². The van der Waals surface area contributed by atoms with Crippen LogP contribution in [0.1, 0.15) is 5.56 Å². The average Bonchev–Trinajstić information content (AvgIpc) is 2.61. The van der Waals surface area contributed by atoms with Crippen LogP contribution in [0.5, 0.6) is 5.75 Å². The Morgan fingerprint density at radius 1 is 1.28 bits per heavy atom. The molecule has 0 aliphatic carbocycles. The lowest BCUT2D eigenvalue weighted by molar-refractivity contribution is -0.121. The predicted octanol–water partition coefficient (Wildman–Crippen LogP) is 1.66. The van der Waals surface area contributed by atoms with Crippen molar-refractivity contribution in [3.05, 3.63) is 46.2 Å². The molecule has 1 aromatic heterocycles.